The maximum atomic E-state index is 14.0. The predicted molar refractivity (Wildman–Crippen MR) is 114 cm³/mol. The minimum Gasteiger partial charge on any atom is -0.353 e. The molecule has 152 valence electrons. The predicted octanol–water partition coefficient (Wildman–Crippen LogP) is 3.26. The van der Waals surface area contributed by atoms with Gasteiger partial charge in [-0.25, -0.2) is 14.4 Å². The monoisotopic (exact) mass is 433 g/mol. The van der Waals surface area contributed by atoms with E-state index in [0.29, 0.717) is 17.1 Å². The Bertz CT molecular complexity index is 1000. The fourth-order valence-electron chi connectivity index (χ4n) is 3.47. The third-order valence-electron chi connectivity index (χ3n) is 5.15. The Balaban J connectivity index is 1.33. The van der Waals surface area contributed by atoms with Gasteiger partial charge in [0.2, 0.25) is 5.91 Å². The van der Waals surface area contributed by atoms with E-state index in [0.717, 1.165) is 42.2 Å². The molecule has 3 heterocycles. The van der Waals surface area contributed by atoms with E-state index in [4.69, 9.17) is 11.6 Å². The third-order valence-corrected chi connectivity index (χ3v) is 6.33. The van der Waals surface area contributed by atoms with Gasteiger partial charge < -0.3 is 9.80 Å². The molecule has 3 aromatic rings. The number of carbonyl (C=O) groups excluding carboxylic acids is 1. The van der Waals surface area contributed by atoms with Crippen molar-refractivity contribution in [3.63, 3.8) is 0 Å². The highest BCUT2D eigenvalue weighted by Gasteiger charge is 2.23. The quantitative estimate of drug-likeness (QED) is 0.618. The molecule has 6 nitrogen and oxygen atoms in total. The first kappa shape index (κ1) is 20.0. The highest BCUT2D eigenvalue weighted by molar-refractivity contribution is 7.16. The van der Waals surface area contributed by atoms with Gasteiger partial charge in [-0.15, -0.1) is 11.3 Å². The van der Waals surface area contributed by atoms with Crippen molar-refractivity contribution in [2.24, 2.45) is 0 Å². The lowest BCUT2D eigenvalue weighted by molar-refractivity contribution is -0.131. The lowest BCUT2D eigenvalue weighted by Gasteiger charge is -2.35. The molecule has 0 bridgehead atoms. The van der Waals surface area contributed by atoms with Gasteiger partial charge in [0, 0.05) is 50.4 Å². The number of benzene rings is 1. The van der Waals surface area contributed by atoms with Crippen molar-refractivity contribution >= 4 is 44.9 Å². The number of hydrogen-bond acceptors (Lipinski definition) is 6. The Morgan fingerprint density at radius 3 is 2.79 bits per heavy atom. The van der Waals surface area contributed by atoms with Gasteiger partial charge in [0.05, 0.1) is 11.9 Å². The first-order valence-electron chi connectivity index (χ1n) is 9.35. The number of hydrogen-bond donors (Lipinski definition) is 0. The molecular formula is C20H21ClFN5OS. The Kier molecular flexibility index (Phi) is 5.94. The van der Waals surface area contributed by atoms with E-state index in [1.807, 2.05) is 11.4 Å². The second-order valence-electron chi connectivity index (χ2n) is 7.05. The summed E-state index contributed by atoms with van der Waals surface area (Å²) in [6.45, 7) is 3.55. The molecule has 1 aliphatic heterocycles. The SMILES string of the molecule is CN(Cc1c(F)cccc1Cl)C(=O)CN1CCN(c2ncnc3sccc23)CC1. The molecular weight excluding hydrogens is 413 g/mol. The highest BCUT2D eigenvalue weighted by atomic mass is 35.5. The van der Waals surface area contributed by atoms with E-state index < -0.39 is 5.82 Å². The largest absolute Gasteiger partial charge is 0.353 e. The summed E-state index contributed by atoms with van der Waals surface area (Å²) < 4.78 is 14.0. The summed E-state index contributed by atoms with van der Waals surface area (Å²) in [4.78, 5) is 28.2. The summed E-state index contributed by atoms with van der Waals surface area (Å²) in [6, 6.07) is 6.60. The maximum Gasteiger partial charge on any atom is 0.236 e. The van der Waals surface area contributed by atoms with Crippen molar-refractivity contribution in [1.29, 1.82) is 0 Å². The molecule has 1 amide bonds. The second-order valence-corrected chi connectivity index (χ2v) is 8.35. The van der Waals surface area contributed by atoms with Gasteiger partial charge in [-0.05, 0) is 23.6 Å². The van der Waals surface area contributed by atoms with Crippen LogP contribution in [0.15, 0.2) is 36.0 Å². The number of thiophene rings is 1. The Morgan fingerprint density at radius 2 is 2.03 bits per heavy atom. The zero-order valence-corrected chi connectivity index (χ0v) is 17.6. The van der Waals surface area contributed by atoms with Crippen LogP contribution < -0.4 is 4.90 Å². The molecule has 9 heteroatoms. The number of piperazine rings is 1. The number of carbonyl (C=O) groups is 1. The van der Waals surface area contributed by atoms with Crippen molar-refractivity contribution < 1.29 is 9.18 Å². The molecule has 0 unspecified atom stereocenters. The van der Waals surface area contributed by atoms with Crippen LogP contribution in [0.4, 0.5) is 10.2 Å². The number of nitrogens with zero attached hydrogens (tertiary/aromatic N) is 5. The average molecular weight is 434 g/mol. The van der Waals surface area contributed by atoms with Crippen LogP contribution >= 0.6 is 22.9 Å². The minimum absolute atomic E-state index is 0.0555. The van der Waals surface area contributed by atoms with Gasteiger partial charge in [-0.3, -0.25) is 9.69 Å². The molecule has 0 saturated carbocycles. The molecule has 0 spiro atoms. The van der Waals surface area contributed by atoms with E-state index >= 15 is 0 Å². The molecule has 0 N–H and O–H groups in total. The van der Waals surface area contributed by atoms with Crippen LogP contribution in [0, 0.1) is 5.82 Å². The molecule has 0 aliphatic carbocycles. The van der Waals surface area contributed by atoms with Crippen molar-refractivity contribution in [3.05, 3.63) is 52.4 Å². The molecule has 1 saturated heterocycles. The summed E-state index contributed by atoms with van der Waals surface area (Å²) in [6.07, 6.45) is 1.60. The zero-order valence-electron chi connectivity index (χ0n) is 16.0. The molecule has 1 fully saturated rings. The summed E-state index contributed by atoms with van der Waals surface area (Å²) in [5, 5.41) is 3.43. The Morgan fingerprint density at radius 1 is 1.24 bits per heavy atom. The number of aromatic nitrogens is 2. The smallest absolute Gasteiger partial charge is 0.236 e. The van der Waals surface area contributed by atoms with Crippen LogP contribution in [0.5, 0.6) is 0 Å². The average Bonchev–Trinajstić information content (AvgIpc) is 3.20. The first-order chi connectivity index (χ1) is 14.0. The van der Waals surface area contributed by atoms with Gasteiger partial charge in [-0.1, -0.05) is 17.7 Å². The van der Waals surface area contributed by atoms with Crippen LogP contribution in [0.25, 0.3) is 10.2 Å². The topological polar surface area (TPSA) is 52.6 Å². The van der Waals surface area contributed by atoms with Crippen LogP contribution in [-0.2, 0) is 11.3 Å². The first-order valence-corrected chi connectivity index (χ1v) is 10.6. The number of amides is 1. The van der Waals surface area contributed by atoms with Gasteiger partial charge in [0.1, 0.15) is 22.8 Å². The van der Waals surface area contributed by atoms with Gasteiger partial charge >= 0.3 is 0 Å². The molecule has 0 atom stereocenters. The number of anilines is 1. The third kappa shape index (κ3) is 4.34. The molecule has 0 radical (unpaired) electrons. The van der Waals surface area contributed by atoms with Crippen molar-refractivity contribution in [2.45, 2.75) is 6.54 Å². The number of fused-ring (bicyclic) bond motifs is 1. The minimum atomic E-state index is -0.393. The van der Waals surface area contributed by atoms with E-state index in [1.54, 1.807) is 36.8 Å². The van der Waals surface area contributed by atoms with E-state index in [9.17, 15) is 9.18 Å². The molecule has 1 aliphatic rings. The van der Waals surface area contributed by atoms with Crippen LogP contribution in [0.3, 0.4) is 0 Å². The summed E-state index contributed by atoms with van der Waals surface area (Å²) in [7, 11) is 1.68. The van der Waals surface area contributed by atoms with Crippen LogP contribution in [0.1, 0.15) is 5.56 Å². The van der Waals surface area contributed by atoms with Crippen LogP contribution in [-0.4, -0.2) is 65.4 Å². The molecule has 2 aromatic heterocycles. The zero-order chi connectivity index (χ0) is 20.4. The number of halogens is 2. The van der Waals surface area contributed by atoms with E-state index in [1.165, 1.54) is 11.0 Å². The maximum absolute atomic E-state index is 14.0. The fourth-order valence-corrected chi connectivity index (χ4v) is 4.42. The summed E-state index contributed by atoms with van der Waals surface area (Å²) in [5.41, 5.74) is 0.346. The van der Waals surface area contributed by atoms with Crippen molar-refractivity contribution in [3.8, 4) is 0 Å². The summed E-state index contributed by atoms with van der Waals surface area (Å²) >= 11 is 7.68. The van der Waals surface area contributed by atoms with Gasteiger partial charge in [-0.2, -0.15) is 0 Å². The van der Waals surface area contributed by atoms with Gasteiger partial charge in [0.25, 0.3) is 0 Å². The number of rotatable bonds is 5. The fraction of sp³-hybridized carbons (Fsp3) is 0.350. The molecule has 4 rings (SSSR count). The normalized spacial score (nSPS) is 15.1. The van der Waals surface area contributed by atoms with Crippen molar-refractivity contribution in [1.82, 2.24) is 19.8 Å². The number of likely N-dealkylation sites (N-methyl/N-ethyl adjacent to an activating group) is 1. The second kappa shape index (κ2) is 8.61. The van der Waals surface area contributed by atoms with Crippen molar-refractivity contribution in [2.75, 3.05) is 44.7 Å². The van der Waals surface area contributed by atoms with Crippen LogP contribution in [0.2, 0.25) is 5.02 Å². The molecule has 1 aromatic carbocycles. The summed E-state index contributed by atoms with van der Waals surface area (Å²) in [5.74, 6) is 0.504. The standard InChI is InChI=1S/C20H21ClFN5OS/c1-25(11-15-16(21)3-2-4-17(15)22)18(28)12-26-6-8-27(9-7-26)19-14-5-10-29-20(14)24-13-23-19/h2-5,10,13H,6-9,11-12H2,1H3. The lowest BCUT2D eigenvalue weighted by atomic mass is 10.2. The molecule has 29 heavy (non-hydrogen) atoms. The van der Waals surface area contributed by atoms with E-state index in [-0.39, 0.29) is 12.5 Å². The lowest BCUT2D eigenvalue weighted by Crippen LogP contribution is -2.49. The van der Waals surface area contributed by atoms with Gasteiger partial charge in [0.15, 0.2) is 0 Å². The van der Waals surface area contributed by atoms with E-state index in [2.05, 4.69) is 19.8 Å². The highest BCUT2D eigenvalue weighted by Crippen LogP contribution is 2.27. The Labute approximate surface area is 177 Å². The Hall–Kier alpha value is -2.29.